The summed E-state index contributed by atoms with van der Waals surface area (Å²) in [6.45, 7) is 3.99. The Morgan fingerprint density at radius 2 is 2.35 bits per heavy atom. The molecule has 20 heavy (non-hydrogen) atoms. The van der Waals surface area contributed by atoms with E-state index in [9.17, 15) is 13.2 Å². The SMILES string of the molecule is CCOC(=O)Cc1csc(NC2(C)CCS(=O)(=O)C2)n1. The van der Waals surface area contributed by atoms with Gasteiger partial charge in [-0.1, -0.05) is 0 Å². The predicted molar refractivity (Wildman–Crippen MR) is 77.7 cm³/mol. The van der Waals surface area contributed by atoms with Crippen LogP contribution in [0.1, 0.15) is 26.0 Å². The Balaban J connectivity index is 1.98. The first-order chi connectivity index (χ1) is 9.32. The Hall–Kier alpha value is -1.15. The van der Waals surface area contributed by atoms with Crippen LogP contribution >= 0.6 is 11.3 Å². The fraction of sp³-hybridized carbons (Fsp3) is 0.667. The van der Waals surface area contributed by atoms with E-state index in [1.54, 1.807) is 12.3 Å². The van der Waals surface area contributed by atoms with Gasteiger partial charge in [0.1, 0.15) is 0 Å². The van der Waals surface area contributed by atoms with Gasteiger partial charge in [-0.2, -0.15) is 0 Å². The van der Waals surface area contributed by atoms with Crippen molar-refractivity contribution >= 4 is 32.3 Å². The minimum absolute atomic E-state index is 0.118. The molecule has 1 fully saturated rings. The van der Waals surface area contributed by atoms with Gasteiger partial charge >= 0.3 is 5.97 Å². The van der Waals surface area contributed by atoms with Gasteiger partial charge < -0.3 is 10.1 Å². The fourth-order valence-electron chi connectivity index (χ4n) is 2.17. The van der Waals surface area contributed by atoms with Crippen molar-refractivity contribution in [3.63, 3.8) is 0 Å². The molecule has 0 aromatic carbocycles. The van der Waals surface area contributed by atoms with Crippen LogP contribution in [0, 0.1) is 0 Å². The number of carbonyl (C=O) groups is 1. The molecule has 1 aliphatic rings. The number of thiazole rings is 1. The summed E-state index contributed by atoms with van der Waals surface area (Å²) in [4.78, 5) is 15.7. The molecule has 1 aliphatic heterocycles. The lowest BCUT2D eigenvalue weighted by Crippen LogP contribution is -2.35. The highest BCUT2D eigenvalue weighted by atomic mass is 32.2. The highest BCUT2D eigenvalue weighted by molar-refractivity contribution is 7.91. The zero-order valence-electron chi connectivity index (χ0n) is 11.5. The number of ether oxygens (including phenoxy) is 1. The lowest BCUT2D eigenvalue weighted by molar-refractivity contribution is -0.142. The molecular formula is C12H18N2O4S2. The van der Waals surface area contributed by atoms with Gasteiger partial charge in [0.2, 0.25) is 0 Å². The largest absolute Gasteiger partial charge is 0.466 e. The molecule has 0 bridgehead atoms. The molecule has 0 amide bonds. The summed E-state index contributed by atoms with van der Waals surface area (Å²) >= 11 is 1.37. The van der Waals surface area contributed by atoms with Gasteiger partial charge in [-0.05, 0) is 20.3 Å². The molecule has 8 heteroatoms. The van der Waals surface area contributed by atoms with Crippen LogP contribution in [0.5, 0.6) is 0 Å². The first kappa shape index (κ1) is 15.2. The Bertz CT molecular complexity index is 596. The summed E-state index contributed by atoms with van der Waals surface area (Å²) in [5.74, 6) is 0.0173. The van der Waals surface area contributed by atoms with Gasteiger partial charge in [-0.15, -0.1) is 11.3 Å². The minimum Gasteiger partial charge on any atom is -0.466 e. The van der Waals surface area contributed by atoms with E-state index in [2.05, 4.69) is 10.3 Å². The third kappa shape index (κ3) is 3.92. The molecule has 1 aromatic rings. The second-order valence-electron chi connectivity index (χ2n) is 5.15. The number of hydrogen-bond acceptors (Lipinski definition) is 7. The van der Waals surface area contributed by atoms with Crippen LogP contribution < -0.4 is 5.32 Å². The number of anilines is 1. The normalized spacial score (nSPS) is 24.5. The lowest BCUT2D eigenvalue weighted by atomic mass is 10.0. The molecule has 0 spiro atoms. The van der Waals surface area contributed by atoms with E-state index in [0.717, 1.165) is 0 Å². The van der Waals surface area contributed by atoms with E-state index in [1.165, 1.54) is 11.3 Å². The van der Waals surface area contributed by atoms with E-state index in [0.29, 0.717) is 23.9 Å². The number of sulfone groups is 1. The highest BCUT2D eigenvalue weighted by Gasteiger charge is 2.38. The van der Waals surface area contributed by atoms with Crippen LogP contribution in [0.25, 0.3) is 0 Å². The van der Waals surface area contributed by atoms with Crippen LogP contribution in [0.2, 0.25) is 0 Å². The predicted octanol–water partition coefficient (Wildman–Crippen LogP) is 1.24. The summed E-state index contributed by atoms with van der Waals surface area (Å²) in [6.07, 6.45) is 0.711. The second-order valence-corrected chi connectivity index (χ2v) is 8.20. The van der Waals surface area contributed by atoms with Gasteiger partial charge in [0.15, 0.2) is 15.0 Å². The number of hydrogen-bond donors (Lipinski definition) is 1. The molecule has 0 aliphatic carbocycles. The topological polar surface area (TPSA) is 85.4 Å². The van der Waals surface area contributed by atoms with Gasteiger partial charge in [-0.3, -0.25) is 4.79 Å². The number of esters is 1. The smallest absolute Gasteiger partial charge is 0.311 e. The van der Waals surface area contributed by atoms with Crippen molar-refractivity contribution < 1.29 is 17.9 Å². The molecule has 1 unspecified atom stereocenters. The quantitative estimate of drug-likeness (QED) is 0.822. The van der Waals surface area contributed by atoms with Gasteiger partial charge in [0.05, 0.1) is 35.8 Å². The van der Waals surface area contributed by atoms with Crippen LogP contribution in [0.4, 0.5) is 5.13 Å². The van der Waals surface area contributed by atoms with Gasteiger partial charge in [-0.25, -0.2) is 13.4 Å². The van der Waals surface area contributed by atoms with Crippen molar-refractivity contribution in [3.05, 3.63) is 11.1 Å². The van der Waals surface area contributed by atoms with Gasteiger partial charge in [0, 0.05) is 5.38 Å². The van der Waals surface area contributed by atoms with E-state index in [1.807, 2.05) is 6.92 Å². The van der Waals surface area contributed by atoms with E-state index >= 15 is 0 Å². The van der Waals surface area contributed by atoms with E-state index < -0.39 is 15.4 Å². The number of nitrogens with one attached hydrogen (secondary N) is 1. The van der Waals surface area contributed by atoms with Crippen molar-refractivity contribution in [1.29, 1.82) is 0 Å². The summed E-state index contributed by atoms with van der Waals surface area (Å²) < 4.78 is 27.9. The third-order valence-corrected chi connectivity index (χ3v) is 5.80. The molecule has 1 N–H and O–H groups in total. The highest BCUT2D eigenvalue weighted by Crippen LogP contribution is 2.29. The number of nitrogens with zero attached hydrogens (tertiary/aromatic N) is 1. The van der Waals surface area contributed by atoms with Crippen LogP contribution in [0.3, 0.4) is 0 Å². The molecule has 2 rings (SSSR count). The molecule has 1 saturated heterocycles. The number of aromatic nitrogens is 1. The third-order valence-electron chi connectivity index (χ3n) is 3.09. The first-order valence-corrected chi connectivity index (χ1v) is 9.11. The Morgan fingerprint density at radius 1 is 1.60 bits per heavy atom. The molecule has 0 saturated carbocycles. The maximum Gasteiger partial charge on any atom is 0.311 e. The summed E-state index contributed by atoms with van der Waals surface area (Å²) in [7, 11) is -2.95. The molecule has 1 aromatic heterocycles. The first-order valence-electron chi connectivity index (χ1n) is 6.40. The van der Waals surface area contributed by atoms with Crippen LogP contribution in [-0.4, -0.2) is 43.0 Å². The van der Waals surface area contributed by atoms with Crippen LogP contribution in [-0.2, 0) is 25.8 Å². The summed E-state index contributed by atoms with van der Waals surface area (Å²) in [6, 6.07) is 0. The maximum absolute atomic E-state index is 11.5. The molecule has 6 nitrogen and oxygen atoms in total. The molecule has 2 heterocycles. The molecule has 1 atom stereocenters. The van der Waals surface area contributed by atoms with Crippen molar-refractivity contribution in [2.45, 2.75) is 32.2 Å². The minimum atomic E-state index is -2.95. The van der Waals surface area contributed by atoms with Crippen molar-refractivity contribution in [2.24, 2.45) is 0 Å². The maximum atomic E-state index is 11.5. The Labute approximate surface area is 122 Å². The monoisotopic (exact) mass is 318 g/mol. The fourth-order valence-corrected chi connectivity index (χ4v) is 5.12. The molecule has 0 radical (unpaired) electrons. The van der Waals surface area contributed by atoms with Crippen LogP contribution in [0.15, 0.2) is 5.38 Å². The summed E-state index contributed by atoms with van der Waals surface area (Å²) in [5, 5.41) is 5.60. The van der Waals surface area contributed by atoms with E-state index in [4.69, 9.17) is 4.74 Å². The second kappa shape index (κ2) is 5.69. The van der Waals surface area contributed by atoms with Crippen molar-refractivity contribution in [1.82, 2.24) is 4.98 Å². The standard InChI is InChI=1S/C12H18N2O4S2/c1-3-18-10(15)6-9-7-19-11(13-9)14-12(2)4-5-20(16,17)8-12/h7H,3-6,8H2,1-2H3,(H,13,14). The Morgan fingerprint density at radius 3 is 2.95 bits per heavy atom. The number of carbonyl (C=O) groups excluding carboxylic acids is 1. The van der Waals surface area contributed by atoms with Gasteiger partial charge in [0.25, 0.3) is 0 Å². The molecule has 112 valence electrons. The number of rotatable bonds is 5. The average Bonchev–Trinajstić information content (AvgIpc) is 2.84. The molecular weight excluding hydrogens is 300 g/mol. The Kier molecular flexibility index (Phi) is 4.33. The van der Waals surface area contributed by atoms with E-state index in [-0.39, 0.29) is 23.9 Å². The zero-order chi connectivity index (χ0) is 14.8. The van der Waals surface area contributed by atoms with Crippen molar-refractivity contribution in [2.75, 3.05) is 23.4 Å². The average molecular weight is 318 g/mol. The zero-order valence-corrected chi connectivity index (χ0v) is 13.1. The summed E-state index contributed by atoms with van der Waals surface area (Å²) in [5.41, 5.74) is 0.165. The lowest BCUT2D eigenvalue weighted by Gasteiger charge is -2.23. The van der Waals surface area contributed by atoms with Crippen molar-refractivity contribution in [3.8, 4) is 0 Å².